The number of anilines is 3. The predicted molar refractivity (Wildman–Crippen MR) is 122 cm³/mol. The molecular weight excluding hydrogens is 472 g/mol. The van der Waals surface area contributed by atoms with E-state index < -0.39 is 0 Å². The quantitative estimate of drug-likeness (QED) is 0.665. The van der Waals surface area contributed by atoms with Crippen molar-refractivity contribution >= 4 is 62.3 Å². The summed E-state index contributed by atoms with van der Waals surface area (Å²) >= 11 is 9.45. The molecule has 1 heterocycles. The molecule has 3 rings (SSSR count). The number of amides is 3. The van der Waals surface area contributed by atoms with Gasteiger partial charge in [0.05, 0.1) is 35.2 Å². The summed E-state index contributed by atoms with van der Waals surface area (Å²) < 4.78 is 0.813. The molecule has 2 N–H and O–H groups in total. The van der Waals surface area contributed by atoms with Gasteiger partial charge >= 0.3 is 0 Å². The van der Waals surface area contributed by atoms with Crippen LogP contribution in [-0.2, 0) is 14.4 Å². The molecular formula is C21H22BrClN4O3. The minimum Gasteiger partial charge on any atom is -0.324 e. The molecule has 9 heteroatoms. The van der Waals surface area contributed by atoms with Crippen LogP contribution in [0.2, 0.25) is 5.02 Å². The molecule has 1 atom stereocenters. The maximum atomic E-state index is 13.1. The molecule has 0 unspecified atom stereocenters. The minimum atomic E-state index is -0.301. The van der Waals surface area contributed by atoms with Crippen LogP contribution in [0, 0.1) is 0 Å². The van der Waals surface area contributed by atoms with E-state index in [1.807, 2.05) is 19.1 Å². The lowest BCUT2D eigenvalue weighted by Crippen LogP contribution is -2.45. The highest BCUT2D eigenvalue weighted by molar-refractivity contribution is 9.10. The molecule has 0 spiro atoms. The third-order valence-corrected chi connectivity index (χ3v) is 5.46. The van der Waals surface area contributed by atoms with E-state index in [9.17, 15) is 14.4 Å². The number of halogens is 2. The summed E-state index contributed by atoms with van der Waals surface area (Å²) in [5, 5.41) is 6.00. The third-order valence-electron chi connectivity index (χ3n) is 4.65. The second kappa shape index (κ2) is 9.59. The number of benzene rings is 2. The molecule has 0 bridgehead atoms. The van der Waals surface area contributed by atoms with E-state index in [2.05, 4.69) is 26.6 Å². The summed E-state index contributed by atoms with van der Waals surface area (Å²) in [5.41, 5.74) is 1.76. The largest absolute Gasteiger partial charge is 0.324 e. The number of hydrogen-bond acceptors (Lipinski definition) is 4. The predicted octanol–water partition coefficient (Wildman–Crippen LogP) is 3.74. The van der Waals surface area contributed by atoms with Gasteiger partial charge in [0.2, 0.25) is 17.7 Å². The Morgan fingerprint density at radius 3 is 2.73 bits per heavy atom. The number of likely N-dealkylation sites (N-methyl/N-ethyl adjacent to an activating group) is 1. The molecule has 0 saturated carbocycles. The SMILES string of the molecule is C[C@@H]1CC(=O)Nc2ccccc2N1C(=O)CN(C)CC(=O)Nc1ccc(Br)cc1Cl. The zero-order valence-corrected chi connectivity index (χ0v) is 19.0. The molecule has 1 aliphatic rings. The van der Waals surface area contributed by atoms with Crippen LogP contribution in [0.4, 0.5) is 17.1 Å². The number of carbonyl (C=O) groups excluding carboxylic acids is 3. The third kappa shape index (κ3) is 5.38. The first-order valence-electron chi connectivity index (χ1n) is 9.39. The average molecular weight is 494 g/mol. The number of para-hydroxylation sites is 2. The van der Waals surface area contributed by atoms with E-state index in [4.69, 9.17) is 11.6 Å². The number of carbonyl (C=O) groups is 3. The van der Waals surface area contributed by atoms with Gasteiger partial charge in [-0.15, -0.1) is 0 Å². The van der Waals surface area contributed by atoms with Gasteiger partial charge in [-0.05, 0) is 44.3 Å². The highest BCUT2D eigenvalue weighted by atomic mass is 79.9. The Balaban J connectivity index is 1.66. The summed E-state index contributed by atoms with van der Waals surface area (Å²) in [4.78, 5) is 40.8. The fourth-order valence-electron chi connectivity index (χ4n) is 3.36. The molecule has 158 valence electrons. The second-order valence-corrected chi connectivity index (χ2v) is 8.55. The van der Waals surface area contributed by atoms with Gasteiger partial charge in [0, 0.05) is 16.9 Å². The van der Waals surface area contributed by atoms with Crippen LogP contribution in [0.3, 0.4) is 0 Å². The molecule has 30 heavy (non-hydrogen) atoms. The van der Waals surface area contributed by atoms with Crippen molar-refractivity contribution in [1.82, 2.24) is 4.90 Å². The maximum Gasteiger partial charge on any atom is 0.241 e. The highest BCUT2D eigenvalue weighted by Gasteiger charge is 2.30. The van der Waals surface area contributed by atoms with Gasteiger partial charge in [0.15, 0.2) is 0 Å². The van der Waals surface area contributed by atoms with Crippen LogP contribution in [0.15, 0.2) is 46.9 Å². The van der Waals surface area contributed by atoms with Crippen molar-refractivity contribution < 1.29 is 14.4 Å². The Morgan fingerprint density at radius 1 is 1.27 bits per heavy atom. The summed E-state index contributed by atoms with van der Waals surface area (Å²) in [6.07, 6.45) is 0.201. The monoisotopic (exact) mass is 492 g/mol. The number of hydrogen-bond donors (Lipinski definition) is 2. The lowest BCUT2D eigenvalue weighted by Gasteiger charge is -2.29. The van der Waals surface area contributed by atoms with Crippen LogP contribution in [0.5, 0.6) is 0 Å². The smallest absolute Gasteiger partial charge is 0.241 e. The summed E-state index contributed by atoms with van der Waals surface area (Å²) in [7, 11) is 1.69. The number of nitrogens with one attached hydrogen (secondary N) is 2. The first kappa shape index (κ1) is 22.3. The zero-order valence-electron chi connectivity index (χ0n) is 16.6. The lowest BCUT2D eigenvalue weighted by molar-refractivity contribution is -0.121. The van der Waals surface area contributed by atoms with Crippen LogP contribution >= 0.6 is 27.5 Å². The Bertz CT molecular complexity index is 984. The average Bonchev–Trinajstić information content (AvgIpc) is 2.77. The van der Waals surface area contributed by atoms with Gasteiger partial charge in [-0.3, -0.25) is 19.3 Å². The fourth-order valence-corrected chi connectivity index (χ4v) is 4.08. The van der Waals surface area contributed by atoms with E-state index in [0.717, 1.165) is 4.47 Å². The van der Waals surface area contributed by atoms with Crippen molar-refractivity contribution in [3.63, 3.8) is 0 Å². The topological polar surface area (TPSA) is 81.8 Å². The second-order valence-electron chi connectivity index (χ2n) is 7.23. The first-order chi connectivity index (χ1) is 14.2. The molecule has 0 saturated heterocycles. The van der Waals surface area contributed by atoms with Crippen LogP contribution in [0.25, 0.3) is 0 Å². The molecule has 3 amide bonds. The Kier molecular flexibility index (Phi) is 7.12. The van der Waals surface area contributed by atoms with Gasteiger partial charge in [-0.2, -0.15) is 0 Å². The Labute approximate surface area is 188 Å². The van der Waals surface area contributed by atoms with Crippen molar-refractivity contribution in [3.8, 4) is 0 Å². The molecule has 0 aliphatic carbocycles. The zero-order chi connectivity index (χ0) is 21.8. The van der Waals surface area contributed by atoms with Crippen LogP contribution in [-0.4, -0.2) is 48.8 Å². The summed E-state index contributed by atoms with van der Waals surface area (Å²) in [5.74, 6) is -0.608. The van der Waals surface area contributed by atoms with E-state index >= 15 is 0 Å². The van der Waals surface area contributed by atoms with E-state index in [0.29, 0.717) is 22.1 Å². The molecule has 7 nitrogen and oxygen atoms in total. The van der Waals surface area contributed by atoms with E-state index in [1.54, 1.807) is 47.2 Å². The molecule has 0 aromatic heterocycles. The minimum absolute atomic E-state index is 0.0131. The van der Waals surface area contributed by atoms with E-state index in [-0.39, 0.29) is 43.3 Å². The van der Waals surface area contributed by atoms with E-state index in [1.165, 1.54) is 0 Å². The standard InChI is InChI=1S/C21H22BrClN4O3/c1-13-9-19(28)25-17-5-3-4-6-18(17)27(13)21(30)12-26(2)11-20(29)24-16-8-7-14(22)10-15(16)23/h3-8,10,13H,9,11-12H2,1-2H3,(H,24,29)(H,25,28)/t13-/m1/s1. The number of rotatable bonds is 5. The molecule has 0 fully saturated rings. The molecule has 1 aliphatic heterocycles. The molecule has 2 aromatic carbocycles. The summed E-state index contributed by atoms with van der Waals surface area (Å²) in [6.45, 7) is 1.87. The van der Waals surface area contributed by atoms with Crippen LogP contribution < -0.4 is 15.5 Å². The first-order valence-corrected chi connectivity index (χ1v) is 10.6. The fraction of sp³-hybridized carbons (Fsp3) is 0.286. The van der Waals surface area contributed by atoms with Crippen molar-refractivity contribution in [2.45, 2.75) is 19.4 Å². The van der Waals surface area contributed by atoms with Gasteiger partial charge in [0.1, 0.15) is 0 Å². The number of fused-ring (bicyclic) bond motifs is 1. The van der Waals surface area contributed by atoms with Crippen LogP contribution in [0.1, 0.15) is 13.3 Å². The van der Waals surface area contributed by atoms with Crippen molar-refractivity contribution in [1.29, 1.82) is 0 Å². The van der Waals surface area contributed by atoms with Gasteiger partial charge in [-0.25, -0.2) is 0 Å². The Morgan fingerprint density at radius 2 is 2.00 bits per heavy atom. The maximum absolute atomic E-state index is 13.1. The van der Waals surface area contributed by atoms with Crippen molar-refractivity contribution in [2.75, 3.05) is 35.7 Å². The lowest BCUT2D eigenvalue weighted by atomic mass is 10.1. The number of nitrogens with zero attached hydrogens (tertiary/aromatic N) is 2. The normalized spacial score (nSPS) is 16.0. The van der Waals surface area contributed by atoms with Gasteiger partial charge in [0.25, 0.3) is 0 Å². The van der Waals surface area contributed by atoms with Crippen molar-refractivity contribution in [2.24, 2.45) is 0 Å². The van der Waals surface area contributed by atoms with Crippen molar-refractivity contribution in [3.05, 3.63) is 52.0 Å². The summed E-state index contributed by atoms with van der Waals surface area (Å²) in [6, 6.07) is 12.1. The highest BCUT2D eigenvalue weighted by Crippen LogP contribution is 2.31. The van der Waals surface area contributed by atoms with Gasteiger partial charge < -0.3 is 15.5 Å². The molecule has 0 radical (unpaired) electrons. The Hall–Kier alpha value is -2.42. The molecule has 2 aromatic rings. The van der Waals surface area contributed by atoms with Gasteiger partial charge in [-0.1, -0.05) is 39.7 Å².